The van der Waals surface area contributed by atoms with Crippen LogP contribution < -0.4 is 10.1 Å². The molecule has 0 amide bonds. The lowest BCUT2D eigenvalue weighted by molar-refractivity contribution is 0.258. The van der Waals surface area contributed by atoms with Gasteiger partial charge >= 0.3 is 0 Å². The number of hydrogen-bond acceptors (Lipinski definition) is 5. The highest BCUT2D eigenvalue weighted by Gasteiger charge is 2.06. The molecule has 1 N–H and O–H groups in total. The van der Waals surface area contributed by atoms with Gasteiger partial charge in [-0.15, -0.1) is 10.2 Å². The normalized spacial score (nSPS) is 10.7. The number of nitrogens with zero attached hydrogens (tertiary/aromatic N) is 2. The van der Waals surface area contributed by atoms with Gasteiger partial charge in [-0.2, -0.15) is 0 Å². The van der Waals surface area contributed by atoms with E-state index in [-0.39, 0.29) is 0 Å². The molecular formula is C15H21N3O2. The highest BCUT2D eigenvalue weighted by atomic mass is 16.5. The van der Waals surface area contributed by atoms with Crippen LogP contribution >= 0.6 is 0 Å². The van der Waals surface area contributed by atoms with Gasteiger partial charge in [0.25, 0.3) is 5.89 Å². The predicted molar refractivity (Wildman–Crippen MR) is 76.3 cm³/mol. The number of nitrogens with one attached hydrogen (secondary N) is 1. The van der Waals surface area contributed by atoms with Gasteiger partial charge in [-0.1, -0.05) is 38.0 Å². The molecule has 5 heteroatoms. The van der Waals surface area contributed by atoms with E-state index >= 15 is 0 Å². The van der Waals surface area contributed by atoms with Crippen molar-refractivity contribution in [3.8, 4) is 5.75 Å². The van der Waals surface area contributed by atoms with Crippen LogP contribution in [0.5, 0.6) is 5.75 Å². The van der Waals surface area contributed by atoms with Gasteiger partial charge in [0.15, 0.2) is 6.61 Å². The van der Waals surface area contributed by atoms with Gasteiger partial charge in [0, 0.05) is 0 Å². The van der Waals surface area contributed by atoms with E-state index in [0.717, 1.165) is 12.3 Å². The average molecular weight is 275 g/mol. The summed E-state index contributed by atoms with van der Waals surface area (Å²) in [5.74, 6) is 1.90. The lowest BCUT2D eigenvalue weighted by Gasteiger charge is -2.02. The van der Waals surface area contributed by atoms with Crippen molar-refractivity contribution < 1.29 is 9.15 Å². The minimum atomic E-state index is 0.298. The number of rotatable bonds is 9. The maximum absolute atomic E-state index is 5.55. The Morgan fingerprint density at radius 3 is 2.70 bits per heavy atom. The Bertz CT molecular complexity index is 485. The summed E-state index contributed by atoms with van der Waals surface area (Å²) < 4.78 is 11.0. The summed E-state index contributed by atoms with van der Waals surface area (Å²) in [7, 11) is 0. The van der Waals surface area contributed by atoms with Crippen LogP contribution in [-0.2, 0) is 13.2 Å². The molecule has 0 radical (unpaired) electrons. The molecule has 0 aliphatic carbocycles. The van der Waals surface area contributed by atoms with Crippen molar-refractivity contribution in [2.45, 2.75) is 39.3 Å². The lowest BCUT2D eigenvalue weighted by atomic mass is 10.2. The van der Waals surface area contributed by atoms with Gasteiger partial charge in [-0.05, 0) is 25.1 Å². The smallest absolute Gasteiger partial charge is 0.253 e. The summed E-state index contributed by atoms with van der Waals surface area (Å²) in [5, 5.41) is 11.2. The zero-order valence-corrected chi connectivity index (χ0v) is 11.8. The molecule has 0 atom stereocenters. The fraction of sp³-hybridized carbons (Fsp3) is 0.467. The largest absolute Gasteiger partial charge is 0.484 e. The minimum Gasteiger partial charge on any atom is -0.484 e. The topological polar surface area (TPSA) is 60.2 Å². The van der Waals surface area contributed by atoms with Crippen molar-refractivity contribution in [3.63, 3.8) is 0 Å². The zero-order chi connectivity index (χ0) is 14.0. The number of ether oxygens (including phenoxy) is 1. The Kier molecular flexibility index (Phi) is 6.05. The molecule has 0 aliphatic heterocycles. The number of para-hydroxylation sites is 1. The first-order valence-electron chi connectivity index (χ1n) is 7.08. The first-order valence-corrected chi connectivity index (χ1v) is 7.08. The van der Waals surface area contributed by atoms with E-state index in [1.165, 1.54) is 19.3 Å². The van der Waals surface area contributed by atoms with Gasteiger partial charge < -0.3 is 14.5 Å². The van der Waals surface area contributed by atoms with Gasteiger partial charge in [0.2, 0.25) is 5.89 Å². The van der Waals surface area contributed by atoms with Crippen molar-refractivity contribution in [3.05, 3.63) is 42.1 Å². The van der Waals surface area contributed by atoms with Crippen LogP contribution in [-0.4, -0.2) is 16.7 Å². The predicted octanol–water partition coefficient (Wildman–Crippen LogP) is 2.93. The number of hydrogen-bond donors (Lipinski definition) is 1. The van der Waals surface area contributed by atoms with Gasteiger partial charge in [-0.25, -0.2) is 0 Å². The Morgan fingerprint density at radius 2 is 1.90 bits per heavy atom. The fourth-order valence-electron chi connectivity index (χ4n) is 1.78. The monoisotopic (exact) mass is 275 g/mol. The standard InChI is InChI=1S/C15H21N3O2/c1-2-3-7-10-16-11-14-17-18-15(20-14)12-19-13-8-5-4-6-9-13/h4-6,8-9,16H,2-3,7,10-12H2,1H3. The molecule has 0 fully saturated rings. The third-order valence-electron chi connectivity index (χ3n) is 2.85. The van der Waals surface area contributed by atoms with E-state index in [9.17, 15) is 0 Å². The van der Waals surface area contributed by atoms with Crippen molar-refractivity contribution in [2.24, 2.45) is 0 Å². The van der Waals surface area contributed by atoms with Gasteiger partial charge in [-0.3, -0.25) is 0 Å². The molecular weight excluding hydrogens is 254 g/mol. The van der Waals surface area contributed by atoms with Crippen LogP contribution in [0.4, 0.5) is 0 Å². The third-order valence-corrected chi connectivity index (χ3v) is 2.85. The Morgan fingerprint density at radius 1 is 1.10 bits per heavy atom. The zero-order valence-electron chi connectivity index (χ0n) is 11.8. The second kappa shape index (κ2) is 8.32. The van der Waals surface area contributed by atoms with Crippen molar-refractivity contribution in [1.29, 1.82) is 0 Å². The second-order valence-corrected chi connectivity index (χ2v) is 4.58. The molecule has 2 aromatic rings. The molecule has 1 aromatic heterocycles. The van der Waals surface area contributed by atoms with E-state index in [1.807, 2.05) is 30.3 Å². The second-order valence-electron chi connectivity index (χ2n) is 4.58. The van der Waals surface area contributed by atoms with E-state index < -0.39 is 0 Å². The molecule has 0 saturated carbocycles. The Labute approximate surface area is 119 Å². The molecule has 2 rings (SSSR count). The third kappa shape index (κ3) is 5.01. The van der Waals surface area contributed by atoms with Crippen molar-refractivity contribution >= 4 is 0 Å². The Balaban J connectivity index is 1.69. The number of unbranched alkanes of at least 4 members (excludes halogenated alkanes) is 2. The molecule has 0 bridgehead atoms. The van der Waals surface area contributed by atoms with Crippen molar-refractivity contribution in [1.82, 2.24) is 15.5 Å². The molecule has 0 aliphatic rings. The van der Waals surface area contributed by atoms with E-state index in [1.54, 1.807) is 0 Å². The maximum Gasteiger partial charge on any atom is 0.253 e. The molecule has 0 unspecified atom stereocenters. The first kappa shape index (κ1) is 14.5. The van der Waals surface area contributed by atoms with Crippen LogP contribution in [0.15, 0.2) is 34.7 Å². The Hall–Kier alpha value is -1.88. The summed E-state index contributed by atoms with van der Waals surface area (Å²) in [6.07, 6.45) is 3.64. The molecule has 0 saturated heterocycles. The molecule has 5 nitrogen and oxygen atoms in total. The van der Waals surface area contributed by atoms with Crippen LogP contribution in [0.1, 0.15) is 38.0 Å². The van der Waals surface area contributed by atoms with Crippen LogP contribution in [0.25, 0.3) is 0 Å². The molecule has 1 aromatic carbocycles. The molecule has 0 spiro atoms. The molecule has 108 valence electrons. The van der Waals surface area contributed by atoms with E-state index in [0.29, 0.717) is 24.9 Å². The fourth-order valence-corrected chi connectivity index (χ4v) is 1.78. The lowest BCUT2D eigenvalue weighted by Crippen LogP contribution is -2.14. The van der Waals surface area contributed by atoms with Gasteiger partial charge in [0.05, 0.1) is 6.54 Å². The highest BCUT2D eigenvalue weighted by Crippen LogP contribution is 2.11. The van der Waals surface area contributed by atoms with Crippen LogP contribution in [0, 0.1) is 0 Å². The average Bonchev–Trinajstić information content (AvgIpc) is 2.94. The molecule has 20 heavy (non-hydrogen) atoms. The minimum absolute atomic E-state index is 0.298. The summed E-state index contributed by atoms with van der Waals surface area (Å²) in [6, 6.07) is 9.59. The first-order chi connectivity index (χ1) is 9.88. The number of aromatic nitrogens is 2. The quantitative estimate of drug-likeness (QED) is 0.713. The SMILES string of the molecule is CCCCCNCc1nnc(COc2ccccc2)o1. The molecule has 1 heterocycles. The van der Waals surface area contributed by atoms with E-state index in [4.69, 9.17) is 9.15 Å². The van der Waals surface area contributed by atoms with Gasteiger partial charge in [0.1, 0.15) is 5.75 Å². The van der Waals surface area contributed by atoms with Crippen molar-refractivity contribution in [2.75, 3.05) is 6.54 Å². The summed E-state index contributed by atoms with van der Waals surface area (Å²) >= 11 is 0. The maximum atomic E-state index is 5.55. The van der Waals surface area contributed by atoms with Crippen LogP contribution in [0.2, 0.25) is 0 Å². The van der Waals surface area contributed by atoms with Crippen LogP contribution in [0.3, 0.4) is 0 Å². The van der Waals surface area contributed by atoms with E-state index in [2.05, 4.69) is 22.4 Å². The summed E-state index contributed by atoms with van der Waals surface area (Å²) in [6.45, 7) is 4.08. The summed E-state index contributed by atoms with van der Waals surface area (Å²) in [5.41, 5.74) is 0. The highest BCUT2D eigenvalue weighted by molar-refractivity contribution is 5.20. The number of benzene rings is 1. The summed E-state index contributed by atoms with van der Waals surface area (Å²) in [4.78, 5) is 0.